The predicted molar refractivity (Wildman–Crippen MR) is 30.2 cm³/mol. The maximum absolute atomic E-state index is 9.41. The summed E-state index contributed by atoms with van der Waals surface area (Å²) in [5, 5.41) is 0. The van der Waals surface area contributed by atoms with Crippen LogP contribution in [0.5, 0.6) is 0 Å². The number of thiol groups is 1. The van der Waals surface area contributed by atoms with Crippen molar-refractivity contribution in [2.24, 2.45) is 5.50 Å². The molecule has 3 nitrogen and oxygen atoms in total. The Morgan fingerprint density at radius 2 is 1.83 bits per heavy atom. The lowest BCUT2D eigenvalue weighted by Gasteiger charge is -1.84. The summed E-state index contributed by atoms with van der Waals surface area (Å²) in [6.07, 6.45) is 0. The predicted octanol–water partition coefficient (Wildman–Crippen LogP) is 0.397. The van der Waals surface area contributed by atoms with Crippen LogP contribution in [0.3, 0.4) is 0 Å². The summed E-state index contributed by atoms with van der Waals surface area (Å²) in [4.78, 5) is 7.72. The highest BCUT2D eigenvalue weighted by Gasteiger charge is 1.94. The van der Waals surface area contributed by atoms with E-state index in [0.29, 0.717) is 0 Å². The van der Waals surface area contributed by atoms with E-state index in [2.05, 4.69) is 17.8 Å². The third-order valence-electron chi connectivity index (χ3n) is 0. The first-order chi connectivity index (χ1) is 2.00. The monoisotopic (exact) mass is 149 g/mol. The van der Waals surface area contributed by atoms with Gasteiger partial charge in [0.25, 0.3) is 0 Å². The highest BCUT2D eigenvalue weighted by molar-refractivity contribution is 8.45. The van der Waals surface area contributed by atoms with E-state index in [1.807, 2.05) is 0 Å². The zero-order chi connectivity index (χ0) is 4.50. The minimum Gasteiger partial charge on any atom is -0.326 e. The SMILES string of the molecule is Cl.NP(=O)(O)S. The molecule has 6 heteroatoms. The van der Waals surface area contributed by atoms with E-state index >= 15 is 0 Å². The minimum atomic E-state index is -3.44. The first kappa shape index (κ1) is 9.92. The molecule has 0 rings (SSSR count). The molecule has 0 amide bonds. The fourth-order valence-corrected chi connectivity index (χ4v) is 0. The van der Waals surface area contributed by atoms with Crippen molar-refractivity contribution in [3.8, 4) is 0 Å². The van der Waals surface area contributed by atoms with E-state index in [4.69, 9.17) is 4.89 Å². The van der Waals surface area contributed by atoms with E-state index in [1.165, 1.54) is 0 Å². The number of hydrogen-bond donors (Lipinski definition) is 3. The van der Waals surface area contributed by atoms with Crippen LogP contribution in [-0.2, 0) is 4.57 Å². The average molecular weight is 150 g/mol. The molecule has 0 aromatic carbocycles. The molecule has 40 valence electrons. The van der Waals surface area contributed by atoms with Crippen molar-refractivity contribution in [3.05, 3.63) is 0 Å². The molecule has 0 bridgehead atoms. The number of rotatable bonds is 0. The van der Waals surface area contributed by atoms with E-state index in [-0.39, 0.29) is 12.4 Å². The van der Waals surface area contributed by atoms with Crippen LogP contribution in [-0.4, -0.2) is 4.89 Å². The first-order valence-electron chi connectivity index (χ1n) is 0.841. The zero-order valence-electron chi connectivity index (χ0n) is 2.74. The van der Waals surface area contributed by atoms with Crippen LogP contribution in [0.25, 0.3) is 0 Å². The van der Waals surface area contributed by atoms with Gasteiger partial charge in [0.1, 0.15) is 0 Å². The second-order valence-corrected chi connectivity index (χ2v) is 3.49. The molecule has 1 atom stereocenters. The van der Waals surface area contributed by atoms with Crippen molar-refractivity contribution in [3.63, 3.8) is 0 Å². The largest absolute Gasteiger partial charge is 0.326 e. The number of hydrogen-bond acceptors (Lipinski definition) is 1. The van der Waals surface area contributed by atoms with Gasteiger partial charge in [-0.25, -0.2) is 0 Å². The van der Waals surface area contributed by atoms with E-state index in [9.17, 15) is 4.57 Å². The Kier molecular flexibility index (Phi) is 4.76. The van der Waals surface area contributed by atoms with Crippen molar-refractivity contribution in [2.45, 2.75) is 0 Å². The molecule has 0 heterocycles. The third kappa shape index (κ3) is 110. The summed E-state index contributed by atoms with van der Waals surface area (Å²) in [6.45, 7) is -3.44. The van der Waals surface area contributed by atoms with E-state index in [0.717, 1.165) is 0 Å². The molecule has 0 aromatic rings. The molecule has 0 saturated heterocycles. The number of halogens is 1. The van der Waals surface area contributed by atoms with Gasteiger partial charge in [0.2, 0.25) is 0 Å². The van der Waals surface area contributed by atoms with Crippen LogP contribution in [0.15, 0.2) is 0 Å². The average Bonchev–Trinajstić information content (AvgIpc) is 0.722. The molecule has 0 saturated carbocycles. The van der Waals surface area contributed by atoms with Crippen molar-refractivity contribution >= 4 is 31.4 Å². The molecule has 3 N–H and O–H groups in total. The Morgan fingerprint density at radius 3 is 1.83 bits per heavy atom. The van der Waals surface area contributed by atoms with Crippen LogP contribution in [0.4, 0.5) is 0 Å². The van der Waals surface area contributed by atoms with Crippen molar-refractivity contribution in [2.75, 3.05) is 0 Å². The van der Waals surface area contributed by atoms with E-state index in [1.54, 1.807) is 0 Å². The maximum Gasteiger partial charge on any atom is 0.318 e. The van der Waals surface area contributed by atoms with Gasteiger partial charge in [-0.3, -0.25) is 10.1 Å². The van der Waals surface area contributed by atoms with Gasteiger partial charge < -0.3 is 4.89 Å². The summed E-state index contributed by atoms with van der Waals surface area (Å²) < 4.78 is 9.41. The second-order valence-electron chi connectivity index (χ2n) is 0.589. The summed E-state index contributed by atoms with van der Waals surface area (Å²) >= 11 is 3.01. The van der Waals surface area contributed by atoms with Crippen molar-refractivity contribution in [1.29, 1.82) is 0 Å². The summed E-state index contributed by atoms with van der Waals surface area (Å²) in [7, 11) is 0. The van der Waals surface area contributed by atoms with Crippen LogP contribution in [0.2, 0.25) is 0 Å². The molecule has 0 aliphatic heterocycles. The van der Waals surface area contributed by atoms with Crippen molar-refractivity contribution in [1.82, 2.24) is 0 Å². The minimum absolute atomic E-state index is 0. The van der Waals surface area contributed by atoms with Gasteiger partial charge in [-0.1, -0.05) is 12.2 Å². The third-order valence-corrected chi connectivity index (χ3v) is 0. The Labute approximate surface area is 47.0 Å². The smallest absolute Gasteiger partial charge is 0.318 e. The molecule has 0 aromatic heterocycles. The highest BCUT2D eigenvalue weighted by Crippen LogP contribution is 2.34. The van der Waals surface area contributed by atoms with Crippen LogP contribution in [0.1, 0.15) is 0 Å². The Balaban J connectivity index is 0. The van der Waals surface area contributed by atoms with Gasteiger partial charge in [0.15, 0.2) is 0 Å². The molecule has 1 unspecified atom stereocenters. The Bertz CT molecular complexity index is 59.7. The number of nitrogens with two attached hydrogens (primary N) is 1. The summed E-state index contributed by atoms with van der Waals surface area (Å²) in [6, 6.07) is 0. The Hall–Kier alpha value is 0.790. The second kappa shape index (κ2) is 2.88. The molecule has 0 fully saturated rings. The molecule has 0 aliphatic rings. The lowest BCUT2D eigenvalue weighted by molar-refractivity contribution is 0.499. The molecule has 6 heavy (non-hydrogen) atoms. The molecule has 0 aliphatic carbocycles. The fraction of sp³-hybridized carbons (Fsp3) is 0. The molecule has 0 spiro atoms. The van der Waals surface area contributed by atoms with Gasteiger partial charge >= 0.3 is 6.72 Å². The van der Waals surface area contributed by atoms with Crippen LogP contribution in [0, 0.1) is 0 Å². The summed E-state index contributed by atoms with van der Waals surface area (Å²) in [5.41, 5.74) is 4.33. The normalized spacial score (nSPS) is 17.8. The lowest BCUT2D eigenvalue weighted by Crippen LogP contribution is -1.79. The van der Waals surface area contributed by atoms with Gasteiger partial charge in [-0.05, 0) is 0 Å². The molecular weight excluding hydrogens is 144 g/mol. The van der Waals surface area contributed by atoms with Gasteiger partial charge in [-0.15, -0.1) is 12.4 Å². The standard InChI is InChI=1S/ClH.H4NO2PS/c;1-4(2,3)5/h1H;(H4,1,2,3,5). The van der Waals surface area contributed by atoms with Gasteiger partial charge in [0.05, 0.1) is 0 Å². The van der Waals surface area contributed by atoms with Gasteiger partial charge in [-0.2, -0.15) is 0 Å². The Morgan fingerprint density at radius 1 is 1.83 bits per heavy atom. The molecular formula is H5ClNO2PS. The fourth-order valence-electron chi connectivity index (χ4n) is 0. The summed E-state index contributed by atoms with van der Waals surface area (Å²) in [5.74, 6) is 0. The molecule has 0 radical (unpaired) electrons. The quantitative estimate of drug-likeness (QED) is 0.345. The lowest BCUT2D eigenvalue weighted by atomic mass is 13.9. The van der Waals surface area contributed by atoms with E-state index < -0.39 is 6.72 Å². The topological polar surface area (TPSA) is 63.3 Å². The first-order valence-corrected chi connectivity index (χ1v) is 3.72. The van der Waals surface area contributed by atoms with Crippen molar-refractivity contribution < 1.29 is 9.46 Å². The maximum atomic E-state index is 9.41. The van der Waals surface area contributed by atoms with Crippen LogP contribution >= 0.6 is 31.4 Å². The zero-order valence-corrected chi connectivity index (χ0v) is 5.34. The van der Waals surface area contributed by atoms with Gasteiger partial charge in [0, 0.05) is 0 Å². The highest BCUT2D eigenvalue weighted by atomic mass is 35.5. The van der Waals surface area contributed by atoms with Crippen LogP contribution < -0.4 is 5.50 Å².